The first kappa shape index (κ1) is 21.2. The molecule has 0 saturated carbocycles. The lowest BCUT2D eigenvalue weighted by atomic mass is 10.1. The average molecular weight is 402 g/mol. The van der Waals surface area contributed by atoms with Crippen LogP contribution in [0, 0.1) is 0 Å². The van der Waals surface area contributed by atoms with Crippen molar-refractivity contribution in [3.8, 4) is 0 Å². The highest BCUT2D eigenvalue weighted by atomic mass is 35.5. The lowest BCUT2D eigenvalue weighted by Crippen LogP contribution is -2.30. The van der Waals surface area contributed by atoms with Crippen LogP contribution in [-0.2, 0) is 19.1 Å². The van der Waals surface area contributed by atoms with Crippen molar-refractivity contribution in [3.05, 3.63) is 76.3 Å². The Morgan fingerprint density at radius 1 is 1.07 bits per heavy atom. The predicted octanol–water partition coefficient (Wildman–Crippen LogP) is 3.56. The lowest BCUT2D eigenvalue weighted by Gasteiger charge is -2.14. The van der Waals surface area contributed by atoms with Gasteiger partial charge in [0.2, 0.25) is 0 Å². The Hall–Kier alpha value is -3.12. The molecule has 7 heteroatoms. The molecule has 0 saturated heterocycles. The summed E-state index contributed by atoms with van der Waals surface area (Å²) < 4.78 is 9.54. The number of nitrogens with one attached hydrogen (secondary N) is 1. The monoisotopic (exact) mass is 401 g/mol. The number of benzene rings is 2. The lowest BCUT2D eigenvalue weighted by molar-refractivity contribution is -0.144. The molecule has 2 aromatic rings. The van der Waals surface area contributed by atoms with Gasteiger partial charge < -0.3 is 14.8 Å². The van der Waals surface area contributed by atoms with E-state index in [1.807, 2.05) is 19.1 Å². The Labute approximate surface area is 168 Å². The molecule has 0 heterocycles. The summed E-state index contributed by atoms with van der Waals surface area (Å²) in [4.78, 5) is 35.0. The summed E-state index contributed by atoms with van der Waals surface area (Å²) in [6.45, 7) is 1.43. The molecule has 0 aromatic heterocycles. The Morgan fingerprint density at radius 2 is 1.71 bits per heavy atom. The van der Waals surface area contributed by atoms with Crippen molar-refractivity contribution in [1.82, 2.24) is 5.32 Å². The molecule has 1 N–H and O–H groups in total. The van der Waals surface area contributed by atoms with Gasteiger partial charge in [0.25, 0.3) is 5.91 Å². The zero-order valence-electron chi connectivity index (χ0n) is 15.5. The quantitative estimate of drug-likeness (QED) is 0.566. The fraction of sp³-hybridized carbons (Fsp3) is 0.190. The summed E-state index contributed by atoms with van der Waals surface area (Å²) in [6.07, 6.45) is 2.74. The van der Waals surface area contributed by atoms with E-state index in [2.05, 4.69) is 10.1 Å². The first-order valence-corrected chi connectivity index (χ1v) is 8.85. The minimum absolute atomic E-state index is 0.243. The van der Waals surface area contributed by atoms with Gasteiger partial charge in [-0.05, 0) is 48.4 Å². The van der Waals surface area contributed by atoms with E-state index in [0.717, 1.165) is 5.56 Å². The molecular formula is C21H20ClNO5. The topological polar surface area (TPSA) is 81.7 Å². The highest BCUT2D eigenvalue weighted by Crippen LogP contribution is 2.15. The van der Waals surface area contributed by atoms with Gasteiger partial charge in [0.05, 0.1) is 18.7 Å². The summed E-state index contributed by atoms with van der Waals surface area (Å²) in [7, 11) is 1.30. The molecule has 0 aliphatic rings. The van der Waals surface area contributed by atoms with Crippen LogP contribution in [0.25, 0.3) is 6.08 Å². The molecule has 0 aliphatic heterocycles. The van der Waals surface area contributed by atoms with E-state index in [1.54, 1.807) is 36.4 Å². The van der Waals surface area contributed by atoms with Crippen molar-refractivity contribution < 1.29 is 23.9 Å². The summed E-state index contributed by atoms with van der Waals surface area (Å²) in [6, 6.07) is 13.4. The molecule has 0 spiro atoms. The number of carbonyl (C=O) groups is 3. The number of methoxy groups -OCH3 is 1. The molecule has 0 bridgehead atoms. The third-order valence-corrected chi connectivity index (χ3v) is 4.09. The van der Waals surface area contributed by atoms with Crippen LogP contribution < -0.4 is 5.32 Å². The van der Waals surface area contributed by atoms with E-state index in [1.165, 1.54) is 19.3 Å². The normalized spacial score (nSPS) is 11.7. The zero-order chi connectivity index (χ0) is 20.5. The molecule has 28 heavy (non-hydrogen) atoms. The van der Waals surface area contributed by atoms with Crippen LogP contribution in [0.5, 0.6) is 0 Å². The van der Waals surface area contributed by atoms with E-state index >= 15 is 0 Å². The SMILES string of the molecule is COC(=O)c1ccc(/C=C/C(=O)OCC(=O)N[C@@H](C)c2ccc(Cl)cc2)cc1. The van der Waals surface area contributed by atoms with E-state index in [4.69, 9.17) is 16.3 Å². The second-order valence-corrected chi connectivity index (χ2v) is 6.33. The number of hydrogen-bond donors (Lipinski definition) is 1. The van der Waals surface area contributed by atoms with Crippen molar-refractivity contribution in [2.75, 3.05) is 13.7 Å². The number of hydrogen-bond acceptors (Lipinski definition) is 5. The van der Waals surface area contributed by atoms with Crippen molar-refractivity contribution >= 4 is 35.5 Å². The van der Waals surface area contributed by atoms with Crippen molar-refractivity contribution in [1.29, 1.82) is 0 Å². The van der Waals surface area contributed by atoms with Gasteiger partial charge >= 0.3 is 11.9 Å². The fourth-order valence-electron chi connectivity index (χ4n) is 2.32. The Bertz CT molecular complexity index is 859. The third kappa shape index (κ3) is 6.55. The molecule has 2 aromatic carbocycles. The van der Waals surface area contributed by atoms with Gasteiger partial charge in [0.15, 0.2) is 6.61 Å². The minimum atomic E-state index is -0.647. The summed E-state index contributed by atoms with van der Waals surface area (Å²) in [5.74, 6) is -1.49. The van der Waals surface area contributed by atoms with E-state index in [-0.39, 0.29) is 12.6 Å². The number of esters is 2. The number of rotatable bonds is 7. The smallest absolute Gasteiger partial charge is 0.337 e. The highest BCUT2D eigenvalue weighted by Gasteiger charge is 2.11. The van der Waals surface area contributed by atoms with Gasteiger partial charge in [0.1, 0.15) is 0 Å². The molecule has 0 fully saturated rings. The van der Waals surface area contributed by atoms with Crippen molar-refractivity contribution in [2.24, 2.45) is 0 Å². The van der Waals surface area contributed by atoms with Crippen LogP contribution in [0.2, 0.25) is 5.02 Å². The molecule has 1 amide bonds. The van der Waals surface area contributed by atoms with Crippen LogP contribution in [0.4, 0.5) is 0 Å². The maximum Gasteiger partial charge on any atom is 0.337 e. The highest BCUT2D eigenvalue weighted by molar-refractivity contribution is 6.30. The van der Waals surface area contributed by atoms with Gasteiger partial charge in [-0.25, -0.2) is 9.59 Å². The molecule has 1 atom stereocenters. The first-order valence-electron chi connectivity index (χ1n) is 8.47. The molecule has 0 aliphatic carbocycles. The summed E-state index contributed by atoms with van der Waals surface area (Å²) >= 11 is 5.84. The third-order valence-electron chi connectivity index (χ3n) is 3.84. The Kier molecular flexibility index (Phi) is 7.77. The summed E-state index contributed by atoms with van der Waals surface area (Å²) in [5.41, 5.74) is 2.00. The van der Waals surface area contributed by atoms with Gasteiger partial charge in [-0.15, -0.1) is 0 Å². The predicted molar refractivity (Wildman–Crippen MR) is 106 cm³/mol. The second kappa shape index (κ2) is 10.3. The van der Waals surface area contributed by atoms with Crippen LogP contribution >= 0.6 is 11.6 Å². The van der Waals surface area contributed by atoms with Gasteiger partial charge in [-0.2, -0.15) is 0 Å². The molecule has 2 rings (SSSR count). The van der Waals surface area contributed by atoms with Crippen LogP contribution in [0.3, 0.4) is 0 Å². The van der Waals surface area contributed by atoms with E-state index < -0.39 is 17.8 Å². The number of ether oxygens (including phenoxy) is 2. The number of amides is 1. The summed E-state index contributed by atoms with van der Waals surface area (Å²) in [5, 5.41) is 3.35. The van der Waals surface area contributed by atoms with Crippen molar-refractivity contribution in [3.63, 3.8) is 0 Å². The Morgan fingerprint density at radius 3 is 2.32 bits per heavy atom. The van der Waals surface area contributed by atoms with Crippen LogP contribution in [0.1, 0.15) is 34.5 Å². The fourth-order valence-corrected chi connectivity index (χ4v) is 2.44. The molecule has 6 nitrogen and oxygen atoms in total. The number of halogens is 1. The van der Waals surface area contributed by atoms with Gasteiger partial charge in [-0.3, -0.25) is 4.79 Å². The first-order chi connectivity index (χ1) is 13.4. The van der Waals surface area contributed by atoms with E-state index in [0.29, 0.717) is 16.1 Å². The maximum absolute atomic E-state index is 11.9. The van der Waals surface area contributed by atoms with E-state index in [9.17, 15) is 14.4 Å². The van der Waals surface area contributed by atoms with Crippen molar-refractivity contribution in [2.45, 2.75) is 13.0 Å². The van der Waals surface area contributed by atoms with Crippen LogP contribution in [-0.4, -0.2) is 31.6 Å². The average Bonchev–Trinajstić information content (AvgIpc) is 2.71. The number of carbonyl (C=O) groups excluding carboxylic acids is 3. The molecule has 146 valence electrons. The molecular weight excluding hydrogens is 382 g/mol. The van der Waals surface area contributed by atoms with Gasteiger partial charge in [-0.1, -0.05) is 35.9 Å². The van der Waals surface area contributed by atoms with Crippen LogP contribution in [0.15, 0.2) is 54.6 Å². The second-order valence-electron chi connectivity index (χ2n) is 5.90. The maximum atomic E-state index is 11.9. The minimum Gasteiger partial charge on any atom is -0.465 e. The molecule has 0 unspecified atom stereocenters. The Balaban J connectivity index is 1.79. The standard InChI is InChI=1S/C21H20ClNO5/c1-14(16-8-10-18(22)11-9-16)23-19(24)13-28-20(25)12-5-15-3-6-17(7-4-15)21(26)27-2/h3-12,14H,13H2,1-2H3,(H,23,24)/b12-5+/t14-/m0/s1. The zero-order valence-corrected chi connectivity index (χ0v) is 16.2. The largest absolute Gasteiger partial charge is 0.465 e. The molecule has 0 radical (unpaired) electrons. The van der Waals surface area contributed by atoms with Gasteiger partial charge in [0, 0.05) is 11.1 Å².